The summed E-state index contributed by atoms with van der Waals surface area (Å²) in [7, 11) is 0. The number of aryl methyl sites for hydroxylation is 2. The van der Waals surface area contributed by atoms with E-state index in [4.69, 9.17) is 5.26 Å². The van der Waals surface area contributed by atoms with Gasteiger partial charge < -0.3 is 5.32 Å². The lowest BCUT2D eigenvalue weighted by atomic mass is 10.1. The van der Waals surface area contributed by atoms with Crippen LogP contribution in [-0.4, -0.2) is 21.6 Å². The molecule has 0 aliphatic carbocycles. The van der Waals surface area contributed by atoms with Crippen molar-refractivity contribution in [2.24, 2.45) is 0 Å². The summed E-state index contributed by atoms with van der Waals surface area (Å²) in [5.41, 5.74) is -0.304. The van der Waals surface area contributed by atoms with Gasteiger partial charge in [0.2, 0.25) is 5.91 Å². The van der Waals surface area contributed by atoms with E-state index in [0.29, 0.717) is 13.1 Å². The molecule has 0 saturated carbocycles. The van der Waals surface area contributed by atoms with E-state index in [1.54, 1.807) is 13.0 Å². The third-order valence-corrected chi connectivity index (χ3v) is 3.81. The third kappa shape index (κ3) is 4.67. The van der Waals surface area contributed by atoms with Crippen LogP contribution < -0.4 is 16.6 Å². The van der Waals surface area contributed by atoms with Crippen LogP contribution >= 0.6 is 0 Å². The molecule has 7 heteroatoms. The van der Waals surface area contributed by atoms with Gasteiger partial charge in [0.05, 0.1) is 0 Å². The van der Waals surface area contributed by atoms with E-state index < -0.39 is 23.7 Å². The van der Waals surface area contributed by atoms with Crippen molar-refractivity contribution >= 4 is 5.91 Å². The van der Waals surface area contributed by atoms with E-state index in [2.05, 4.69) is 5.32 Å². The number of carbonyl (C=O) groups excluding carboxylic acids is 1. The fourth-order valence-electron chi connectivity index (χ4n) is 2.46. The Balaban J connectivity index is 1.98. The zero-order chi connectivity index (χ0) is 18.2. The minimum Gasteiger partial charge on any atom is -0.355 e. The number of nitriles is 1. The Morgan fingerprint density at radius 2 is 1.96 bits per heavy atom. The SMILES string of the molecule is CCn1cc(C#N)c(=O)n(CC(=O)NCCCc2ccccc2)c1=O. The first-order valence-corrected chi connectivity index (χ1v) is 8.11. The summed E-state index contributed by atoms with van der Waals surface area (Å²) in [5.74, 6) is -0.426. The molecule has 0 saturated heterocycles. The average Bonchev–Trinajstić information content (AvgIpc) is 2.63. The van der Waals surface area contributed by atoms with Crippen LogP contribution in [0.5, 0.6) is 0 Å². The molecule has 25 heavy (non-hydrogen) atoms. The number of rotatable bonds is 7. The molecule has 0 atom stereocenters. The number of nitrogens with zero attached hydrogens (tertiary/aromatic N) is 3. The molecule has 130 valence electrons. The lowest BCUT2D eigenvalue weighted by molar-refractivity contribution is -0.121. The predicted molar refractivity (Wildman–Crippen MR) is 93.1 cm³/mol. The minimum atomic E-state index is -0.739. The van der Waals surface area contributed by atoms with E-state index in [0.717, 1.165) is 17.4 Å². The van der Waals surface area contributed by atoms with Crippen LogP contribution in [0.4, 0.5) is 0 Å². The minimum absolute atomic E-state index is 0.154. The van der Waals surface area contributed by atoms with Gasteiger partial charge in [-0.05, 0) is 25.3 Å². The van der Waals surface area contributed by atoms with Crippen molar-refractivity contribution in [3.8, 4) is 6.07 Å². The van der Waals surface area contributed by atoms with Gasteiger partial charge in [0.25, 0.3) is 5.56 Å². The second-order valence-corrected chi connectivity index (χ2v) is 5.55. The molecule has 1 heterocycles. The maximum Gasteiger partial charge on any atom is 0.331 e. The average molecular weight is 340 g/mol. The topological polar surface area (TPSA) is 96.9 Å². The molecular weight excluding hydrogens is 320 g/mol. The highest BCUT2D eigenvalue weighted by Crippen LogP contribution is 2.01. The molecule has 1 aromatic carbocycles. The molecule has 1 amide bonds. The molecule has 2 aromatic rings. The number of aromatic nitrogens is 2. The molecule has 0 spiro atoms. The Kier molecular flexibility index (Phi) is 6.29. The van der Waals surface area contributed by atoms with Gasteiger partial charge in [0.15, 0.2) is 0 Å². The van der Waals surface area contributed by atoms with E-state index in [9.17, 15) is 14.4 Å². The van der Waals surface area contributed by atoms with Gasteiger partial charge in [0.1, 0.15) is 18.2 Å². The number of nitrogens with one attached hydrogen (secondary N) is 1. The first-order valence-electron chi connectivity index (χ1n) is 8.11. The van der Waals surface area contributed by atoms with Crippen LogP contribution in [0.1, 0.15) is 24.5 Å². The van der Waals surface area contributed by atoms with Gasteiger partial charge in [0, 0.05) is 19.3 Å². The Hall–Kier alpha value is -3.14. The van der Waals surface area contributed by atoms with Crippen molar-refractivity contribution in [1.82, 2.24) is 14.5 Å². The normalized spacial score (nSPS) is 10.2. The van der Waals surface area contributed by atoms with Gasteiger partial charge >= 0.3 is 5.69 Å². The van der Waals surface area contributed by atoms with Gasteiger partial charge in [-0.3, -0.25) is 14.2 Å². The van der Waals surface area contributed by atoms with Gasteiger partial charge in [-0.2, -0.15) is 5.26 Å². The molecule has 1 aromatic heterocycles. The molecular formula is C18H20N4O3. The monoisotopic (exact) mass is 340 g/mol. The number of benzene rings is 1. The fraction of sp³-hybridized carbons (Fsp3) is 0.333. The fourth-order valence-corrected chi connectivity index (χ4v) is 2.46. The lowest BCUT2D eigenvalue weighted by Crippen LogP contribution is -2.44. The third-order valence-electron chi connectivity index (χ3n) is 3.81. The zero-order valence-electron chi connectivity index (χ0n) is 14.1. The Labute approximate surface area is 145 Å². The number of hydrogen-bond donors (Lipinski definition) is 1. The summed E-state index contributed by atoms with van der Waals surface area (Å²) in [5, 5.41) is 11.7. The first kappa shape index (κ1) is 18.2. The molecule has 0 aliphatic rings. The van der Waals surface area contributed by atoms with Crippen molar-refractivity contribution in [3.05, 3.63) is 68.5 Å². The molecule has 0 bridgehead atoms. The zero-order valence-corrected chi connectivity index (χ0v) is 14.1. The Morgan fingerprint density at radius 3 is 2.60 bits per heavy atom. The summed E-state index contributed by atoms with van der Waals surface area (Å²) in [6, 6.07) is 11.7. The van der Waals surface area contributed by atoms with Gasteiger partial charge in [-0.15, -0.1) is 0 Å². The van der Waals surface area contributed by atoms with Crippen molar-refractivity contribution in [3.63, 3.8) is 0 Å². The Morgan fingerprint density at radius 1 is 1.24 bits per heavy atom. The standard InChI is InChI=1S/C18H20N4O3/c1-2-21-12-15(11-19)17(24)22(18(21)25)13-16(23)20-10-6-9-14-7-4-3-5-8-14/h3-5,7-8,12H,2,6,9-10,13H2,1H3,(H,20,23). The van der Waals surface area contributed by atoms with Crippen molar-refractivity contribution in [2.45, 2.75) is 32.9 Å². The van der Waals surface area contributed by atoms with Crippen molar-refractivity contribution < 1.29 is 4.79 Å². The number of hydrogen-bond acceptors (Lipinski definition) is 4. The van der Waals surface area contributed by atoms with Crippen molar-refractivity contribution in [1.29, 1.82) is 5.26 Å². The smallest absolute Gasteiger partial charge is 0.331 e. The van der Waals surface area contributed by atoms with Crippen LogP contribution in [0.2, 0.25) is 0 Å². The van der Waals surface area contributed by atoms with E-state index in [-0.39, 0.29) is 5.56 Å². The molecule has 7 nitrogen and oxygen atoms in total. The van der Waals surface area contributed by atoms with E-state index in [1.807, 2.05) is 30.3 Å². The predicted octanol–water partition coefficient (Wildman–Crippen LogP) is 0.651. The molecule has 2 rings (SSSR count). The van der Waals surface area contributed by atoms with Crippen LogP contribution in [0.3, 0.4) is 0 Å². The summed E-state index contributed by atoms with van der Waals surface area (Å²) in [6.45, 7) is 2.09. The lowest BCUT2D eigenvalue weighted by Gasteiger charge is -2.10. The number of carbonyl (C=O) groups is 1. The highest BCUT2D eigenvalue weighted by atomic mass is 16.2. The van der Waals surface area contributed by atoms with E-state index >= 15 is 0 Å². The summed E-state index contributed by atoms with van der Waals surface area (Å²) in [4.78, 5) is 36.3. The Bertz CT molecular complexity index is 891. The molecule has 0 unspecified atom stereocenters. The largest absolute Gasteiger partial charge is 0.355 e. The van der Waals surface area contributed by atoms with E-state index in [1.165, 1.54) is 16.3 Å². The van der Waals surface area contributed by atoms with Crippen LogP contribution in [0.15, 0.2) is 46.1 Å². The number of amides is 1. The van der Waals surface area contributed by atoms with Gasteiger partial charge in [-0.1, -0.05) is 30.3 Å². The van der Waals surface area contributed by atoms with Crippen LogP contribution in [-0.2, 0) is 24.3 Å². The first-order chi connectivity index (χ1) is 12.1. The second kappa shape index (κ2) is 8.64. The van der Waals surface area contributed by atoms with Gasteiger partial charge in [-0.25, -0.2) is 9.36 Å². The maximum absolute atomic E-state index is 12.2. The quantitative estimate of drug-likeness (QED) is 0.749. The highest BCUT2D eigenvalue weighted by molar-refractivity contribution is 5.75. The van der Waals surface area contributed by atoms with Crippen LogP contribution in [0.25, 0.3) is 0 Å². The summed E-state index contributed by atoms with van der Waals surface area (Å²) < 4.78 is 2.04. The molecule has 1 N–H and O–H groups in total. The van der Waals surface area contributed by atoms with Crippen molar-refractivity contribution in [2.75, 3.05) is 6.54 Å². The van der Waals surface area contributed by atoms with Crippen LogP contribution in [0, 0.1) is 11.3 Å². The maximum atomic E-state index is 12.2. The molecule has 0 aliphatic heterocycles. The molecule has 0 fully saturated rings. The summed E-state index contributed by atoms with van der Waals surface area (Å²) >= 11 is 0. The highest BCUT2D eigenvalue weighted by Gasteiger charge is 2.13. The second-order valence-electron chi connectivity index (χ2n) is 5.55. The summed E-state index contributed by atoms with van der Waals surface area (Å²) in [6.07, 6.45) is 2.80. The molecule has 0 radical (unpaired) electrons.